The van der Waals surface area contributed by atoms with Crippen molar-refractivity contribution in [1.82, 2.24) is 20.6 Å². The number of rotatable bonds is 10. The van der Waals surface area contributed by atoms with Gasteiger partial charge in [-0.25, -0.2) is 18.7 Å². The molecule has 38 heavy (non-hydrogen) atoms. The number of carbonyl (C=O) groups is 1. The third-order valence-corrected chi connectivity index (χ3v) is 7.09. The molecule has 1 fully saturated rings. The molecule has 3 N–H and O–H groups in total. The Kier molecular flexibility index (Phi) is 8.69. The lowest BCUT2D eigenvalue weighted by molar-refractivity contribution is -0.120. The maximum atomic E-state index is 13.8. The smallest absolute Gasteiger partial charge is 0.225 e. The van der Waals surface area contributed by atoms with E-state index in [1.54, 1.807) is 18.5 Å². The molecule has 3 atom stereocenters. The summed E-state index contributed by atoms with van der Waals surface area (Å²) in [5, 5.41) is 17.5. The SMILES string of the molecule is CC(=O)N[C@@H](Cc1cc(F)cc(F)c1)[C@H](O)CNC1(c2cccc(C(C)C)c2)CCN(c2ncccn2)C1. The second-order valence-electron chi connectivity index (χ2n) is 10.3. The highest BCUT2D eigenvalue weighted by atomic mass is 19.1. The molecule has 1 unspecified atom stereocenters. The standard InChI is InChI=1S/C29H35F2N5O2/c1-19(2)22-6-4-7-23(15-22)29(8-11-36(18-29)28-32-9-5-10-33-28)34-17-27(38)26(35-20(3)37)14-21-12-24(30)16-25(31)13-21/h4-7,9-10,12-13,15-16,19,26-27,34,38H,8,11,14,17-18H2,1-3H3,(H,35,37)/t26-,27+,29?/m0/s1. The number of aliphatic hydroxyl groups excluding tert-OH is 1. The summed E-state index contributed by atoms with van der Waals surface area (Å²) in [4.78, 5) is 22.9. The van der Waals surface area contributed by atoms with E-state index in [9.17, 15) is 18.7 Å². The van der Waals surface area contributed by atoms with Crippen LogP contribution in [-0.2, 0) is 16.8 Å². The summed E-state index contributed by atoms with van der Waals surface area (Å²) in [7, 11) is 0. The topological polar surface area (TPSA) is 90.4 Å². The number of aromatic nitrogens is 2. The molecule has 1 aliphatic heterocycles. The predicted molar refractivity (Wildman–Crippen MR) is 143 cm³/mol. The van der Waals surface area contributed by atoms with Crippen molar-refractivity contribution in [3.8, 4) is 0 Å². The fourth-order valence-corrected chi connectivity index (χ4v) is 5.08. The number of nitrogens with zero attached hydrogens (tertiary/aromatic N) is 3. The number of benzene rings is 2. The predicted octanol–water partition coefficient (Wildman–Crippen LogP) is 3.68. The van der Waals surface area contributed by atoms with Gasteiger partial charge in [0, 0.05) is 45.0 Å². The van der Waals surface area contributed by atoms with Gasteiger partial charge in [-0.15, -0.1) is 0 Å². The van der Waals surface area contributed by atoms with Crippen molar-refractivity contribution in [2.45, 2.75) is 57.2 Å². The fourth-order valence-electron chi connectivity index (χ4n) is 5.08. The van der Waals surface area contributed by atoms with Gasteiger partial charge in [0.05, 0.1) is 17.7 Å². The average Bonchev–Trinajstić information content (AvgIpc) is 3.32. The highest BCUT2D eigenvalue weighted by molar-refractivity contribution is 5.73. The number of nitrogens with one attached hydrogen (secondary N) is 2. The molecule has 0 bridgehead atoms. The monoisotopic (exact) mass is 523 g/mol. The Bertz CT molecular complexity index is 1220. The molecular formula is C29H35F2N5O2. The van der Waals surface area contributed by atoms with E-state index < -0.39 is 29.3 Å². The van der Waals surface area contributed by atoms with Gasteiger partial charge in [-0.2, -0.15) is 0 Å². The van der Waals surface area contributed by atoms with Crippen LogP contribution in [0.25, 0.3) is 0 Å². The van der Waals surface area contributed by atoms with Gasteiger partial charge in [0.25, 0.3) is 0 Å². The van der Waals surface area contributed by atoms with E-state index in [0.29, 0.717) is 24.0 Å². The van der Waals surface area contributed by atoms with Gasteiger partial charge in [-0.05, 0) is 53.6 Å². The molecule has 1 aliphatic rings. The van der Waals surface area contributed by atoms with Crippen LogP contribution in [0.5, 0.6) is 0 Å². The summed E-state index contributed by atoms with van der Waals surface area (Å²) in [6, 6.07) is 12.7. The highest BCUT2D eigenvalue weighted by Crippen LogP contribution is 2.35. The Balaban J connectivity index is 1.58. The van der Waals surface area contributed by atoms with E-state index in [4.69, 9.17) is 0 Å². The van der Waals surface area contributed by atoms with Crippen LogP contribution >= 0.6 is 0 Å². The minimum atomic E-state index is -1.02. The molecule has 7 nitrogen and oxygen atoms in total. The van der Waals surface area contributed by atoms with Crippen molar-refractivity contribution in [2.24, 2.45) is 0 Å². The van der Waals surface area contributed by atoms with Crippen molar-refractivity contribution in [1.29, 1.82) is 0 Å². The molecule has 3 aromatic rings. The lowest BCUT2D eigenvalue weighted by atomic mass is 9.86. The van der Waals surface area contributed by atoms with Gasteiger partial charge in [-0.3, -0.25) is 4.79 Å². The number of hydrogen-bond acceptors (Lipinski definition) is 6. The van der Waals surface area contributed by atoms with Crippen molar-refractivity contribution in [3.63, 3.8) is 0 Å². The second-order valence-corrected chi connectivity index (χ2v) is 10.3. The van der Waals surface area contributed by atoms with Crippen LogP contribution in [0.3, 0.4) is 0 Å². The van der Waals surface area contributed by atoms with Gasteiger partial charge in [-0.1, -0.05) is 38.1 Å². The van der Waals surface area contributed by atoms with Crippen LogP contribution < -0.4 is 15.5 Å². The van der Waals surface area contributed by atoms with Crippen LogP contribution in [0, 0.1) is 11.6 Å². The van der Waals surface area contributed by atoms with Crippen molar-refractivity contribution in [3.05, 3.63) is 89.2 Å². The molecule has 1 saturated heterocycles. The molecular weight excluding hydrogens is 488 g/mol. The van der Waals surface area contributed by atoms with Crippen molar-refractivity contribution < 1.29 is 18.7 Å². The minimum Gasteiger partial charge on any atom is -0.390 e. The lowest BCUT2D eigenvalue weighted by Gasteiger charge is -2.34. The third-order valence-electron chi connectivity index (χ3n) is 7.09. The number of anilines is 1. The van der Waals surface area contributed by atoms with E-state index in [-0.39, 0.29) is 18.9 Å². The quantitative estimate of drug-likeness (QED) is 0.376. The highest BCUT2D eigenvalue weighted by Gasteiger charge is 2.41. The average molecular weight is 524 g/mol. The van der Waals surface area contributed by atoms with E-state index in [1.807, 2.05) is 6.07 Å². The number of carbonyl (C=O) groups excluding carboxylic acids is 1. The Morgan fingerprint density at radius 3 is 2.47 bits per heavy atom. The summed E-state index contributed by atoms with van der Waals surface area (Å²) >= 11 is 0. The molecule has 0 radical (unpaired) electrons. The Hall–Kier alpha value is -3.43. The Morgan fingerprint density at radius 2 is 1.82 bits per heavy atom. The molecule has 2 heterocycles. The van der Waals surface area contributed by atoms with E-state index in [0.717, 1.165) is 24.6 Å². The fraction of sp³-hybridized carbons (Fsp3) is 0.414. The Labute approximate surface area is 222 Å². The van der Waals surface area contributed by atoms with Gasteiger partial charge in [0.15, 0.2) is 0 Å². The van der Waals surface area contributed by atoms with Gasteiger partial charge < -0.3 is 20.6 Å². The first-order chi connectivity index (χ1) is 18.1. The molecule has 4 rings (SSSR count). The van der Waals surface area contributed by atoms with Crippen LogP contribution in [-0.4, -0.2) is 52.8 Å². The number of halogens is 2. The minimum absolute atomic E-state index is 0.0803. The molecule has 9 heteroatoms. The molecule has 1 aromatic heterocycles. The summed E-state index contributed by atoms with van der Waals surface area (Å²) in [6.45, 7) is 7.11. The van der Waals surface area contributed by atoms with Gasteiger partial charge in [0.1, 0.15) is 11.6 Å². The second kappa shape index (κ2) is 12.0. The van der Waals surface area contributed by atoms with Gasteiger partial charge >= 0.3 is 0 Å². The van der Waals surface area contributed by atoms with Crippen molar-refractivity contribution in [2.75, 3.05) is 24.5 Å². The maximum absolute atomic E-state index is 13.8. The number of aliphatic hydroxyl groups is 1. The Morgan fingerprint density at radius 1 is 1.11 bits per heavy atom. The van der Waals surface area contributed by atoms with Crippen molar-refractivity contribution >= 4 is 11.9 Å². The zero-order valence-electron chi connectivity index (χ0n) is 22.0. The van der Waals surface area contributed by atoms with Crippen LogP contribution in [0.15, 0.2) is 60.9 Å². The van der Waals surface area contributed by atoms with Crippen LogP contribution in [0.2, 0.25) is 0 Å². The third kappa shape index (κ3) is 6.71. The van der Waals surface area contributed by atoms with E-state index >= 15 is 0 Å². The first-order valence-corrected chi connectivity index (χ1v) is 12.9. The van der Waals surface area contributed by atoms with E-state index in [2.05, 4.69) is 57.5 Å². The zero-order chi connectivity index (χ0) is 27.3. The molecule has 1 amide bonds. The maximum Gasteiger partial charge on any atom is 0.225 e. The summed E-state index contributed by atoms with van der Waals surface area (Å²) in [6.07, 6.45) is 3.24. The first kappa shape index (κ1) is 27.6. The van der Waals surface area contributed by atoms with Crippen LogP contribution in [0.4, 0.5) is 14.7 Å². The van der Waals surface area contributed by atoms with Crippen LogP contribution in [0.1, 0.15) is 49.8 Å². The molecule has 202 valence electrons. The molecule has 0 aliphatic carbocycles. The summed E-state index contributed by atoms with van der Waals surface area (Å²) < 4.78 is 27.6. The lowest BCUT2D eigenvalue weighted by Crippen LogP contribution is -2.53. The molecule has 0 spiro atoms. The number of amides is 1. The largest absolute Gasteiger partial charge is 0.390 e. The molecule has 2 aromatic carbocycles. The first-order valence-electron chi connectivity index (χ1n) is 12.9. The normalized spacial score (nSPS) is 19.0. The summed E-state index contributed by atoms with van der Waals surface area (Å²) in [5.41, 5.74) is 2.16. The van der Waals surface area contributed by atoms with E-state index in [1.165, 1.54) is 24.6 Å². The zero-order valence-corrected chi connectivity index (χ0v) is 22.0. The molecule has 0 saturated carbocycles. The van der Waals surface area contributed by atoms with Gasteiger partial charge in [0.2, 0.25) is 11.9 Å². The summed E-state index contributed by atoms with van der Waals surface area (Å²) in [5.74, 6) is -0.748. The number of hydrogen-bond donors (Lipinski definition) is 3.